The van der Waals surface area contributed by atoms with E-state index in [1.807, 2.05) is 48.5 Å². The molecular formula is C17H16BrNO. The molecule has 0 heterocycles. The van der Waals surface area contributed by atoms with Crippen LogP contribution in [0.2, 0.25) is 0 Å². The highest BCUT2D eigenvalue weighted by Gasteiger charge is 2.22. The molecular weight excluding hydrogens is 314 g/mol. The third-order valence-corrected chi connectivity index (χ3v) is 4.11. The summed E-state index contributed by atoms with van der Waals surface area (Å²) >= 11 is 3.54. The van der Waals surface area contributed by atoms with E-state index in [-0.39, 0.29) is 0 Å². The Morgan fingerprint density at radius 3 is 2.40 bits per heavy atom. The average molecular weight is 330 g/mol. The highest BCUT2D eigenvalue weighted by atomic mass is 79.9. The fourth-order valence-corrected chi connectivity index (χ4v) is 2.66. The van der Waals surface area contributed by atoms with Crippen molar-refractivity contribution in [2.75, 3.05) is 0 Å². The number of aliphatic hydroxyl groups is 1. The zero-order chi connectivity index (χ0) is 14.6. The normalized spacial score (nSPS) is 13.5. The highest BCUT2D eigenvalue weighted by Crippen LogP contribution is 2.31. The van der Waals surface area contributed by atoms with E-state index in [4.69, 9.17) is 5.26 Å². The van der Waals surface area contributed by atoms with E-state index in [1.54, 1.807) is 6.92 Å². The van der Waals surface area contributed by atoms with Gasteiger partial charge in [-0.25, -0.2) is 0 Å². The van der Waals surface area contributed by atoms with Crippen molar-refractivity contribution in [1.29, 1.82) is 5.26 Å². The first-order chi connectivity index (χ1) is 9.54. The molecule has 0 radical (unpaired) electrons. The third-order valence-electron chi connectivity index (χ3n) is 3.42. The number of nitriles is 1. The quantitative estimate of drug-likeness (QED) is 0.888. The molecule has 2 aromatic rings. The summed E-state index contributed by atoms with van der Waals surface area (Å²) in [6.07, 6.45) is 0.789. The molecule has 0 spiro atoms. The van der Waals surface area contributed by atoms with Gasteiger partial charge in [-0.15, -0.1) is 0 Å². The van der Waals surface area contributed by atoms with Gasteiger partial charge in [-0.1, -0.05) is 58.4 Å². The summed E-state index contributed by atoms with van der Waals surface area (Å²) in [6.45, 7) is 1.75. The standard InChI is InChI=1S/C17H16BrNO/c1-17(20,11-4-12-19)14-9-7-13(8-10-14)15-5-2-3-6-16(15)18/h2-3,5-10,20H,4,11H2,1H3. The molecule has 0 saturated carbocycles. The fraction of sp³-hybridized carbons (Fsp3) is 0.235. The van der Waals surface area contributed by atoms with Crippen LogP contribution < -0.4 is 0 Å². The van der Waals surface area contributed by atoms with E-state index >= 15 is 0 Å². The summed E-state index contributed by atoms with van der Waals surface area (Å²) in [7, 11) is 0. The van der Waals surface area contributed by atoms with Crippen LogP contribution in [0.25, 0.3) is 11.1 Å². The number of hydrogen-bond donors (Lipinski definition) is 1. The van der Waals surface area contributed by atoms with Crippen LogP contribution in [0.1, 0.15) is 25.3 Å². The van der Waals surface area contributed by atoms with E-state index < -0.39 is 5.60 Å². The summed E-state index contributed by atoms with van der Waals surface area (Å²) in [5, 5.41) is 19.0. The lowest BCUT2D eigenvalue weighted by Gasteiger charge is -2.23. The van der Waals surface area contributed by atoms with Crippen molar-refractivity contribution in [2.45, 2.75) is 25.4 Å². The molecule has 1 N–H and O–H groups in total. The molecule has 2 rings (SSSR count). The van der Waals surface area contributed by atoms with Gasteiger partial charge in [-0.05, 0) is 36.1 Å². The van der Waals surface area contributed by atoms with Gasteiger partial charge in [0.25, 0.3) is 0 Å². The minimum atomic E-state index is -0.956. The zero-order valence-electron chi connectivity index (χ0n) is 11.3. The Morgan fingerprint density at radius 2 is 1.80 bits per heavy atom. The molecule has 20 heavy (non-hydrogen) atoms. The van der Waals surface area contributed by atoms with Gasteiger partial charge in [0.05, 0.1) is 11.7 Å². The number of benzene rings is 2. The van der Waals surface area contributed by atoms with Gasteiger partial charge in [0.15, 0.2) is 0 Å². The van der Waals surface area contributed by atoms with Crippen LogP contribution in [0.5, 0.6) is 0 Å². The second-order valence-electron chi connectivity index (χ2n) is 4.99. The lowest BCUT2D eigenvalue weighted by molar-refractivity contribution is 0.0492. The van der Waals surface area contributed by atoms with E-state index in [2.05, 4.69) is 22.0 Å². The molecule has 1 unspecified atom stereocenters. The van der Waals surface area contributed by atoms with Crippen LogP contribution in [-0.2, 0) is 5.60 Å². The maximum atomic E-state index is 10.4. The topological polar surface area (TPSA) is 44.0 Å². The molecule has 0 aliphatic heterocycles. The SMILES string of the molecule is CC(O)(CCC#N)c1ccc(-c2ccccc2Br)cc1. The van der Waals surface area contributed by atoms with Crippen LogP contribution >= 0.6 is 15.9 Å². The molecule has 0 aliphatic rings. The smallest absolute Gasteiger partial charge is 0.0878 e. The van der Waals surface area contributed by atoms with E-state index in [1.165, 1.54) is 0 Å². The predicted octanol–water partition coefficient (Wildman–Crippen LogP) is 4.63. The Hall–Kier alpha value is -1.63. The molecule has 0 fully saturated rings. The molecule has 102 valence electrons. The van der Waals surface area contributed by atoms with Gasteiger partial charge in [0.1, 0.15) is 0 Å². The number of hydrogen-bond acceptors (Lipinski definition) is 2. The summed E-state index contributed by atoms with van der Waals surface area (Å²) in [6, 6.07) is 17.9. The van der Waals surface area contributed by atoms with Gasteiger partial charge in [0, 0.05) is 10.9 Å². The molecule has 2 aromatic carbocycles. The van der Waals surface area contributed by atoms with Gasteiger partial charge >= 0.3 is 0 Å². The number of nitrogens with zero attached hydrogens (tertiary/aromatic N) is 1. The summed E-state index contributed by atoms with van der Waals surface area (Å²) in [4.78, 5) is 0. The monoisotopic (exact) mass is 329 g/mol. The van der Waals surface area contributed by atoms with Gasteiger partial charge in [-0.2, -0.15) is 5.26 Å². The van der Waals surface area contributed by atoms with Crippen LogP contribution in [0, 0.1) is 11.3 Å². The molecule has 0 aromatic heterocycles. The van der Waals surface area contributed by atoms with E-state index in [9.17, 15) is 5.11 Å². The Labute approximate surface area is 127 Å². The van der Waals surface area contributed by atoms with Crippen LogP contribution in [0.3, 0.4) is 0 Å². The molecule has 0 amide bonds. The fourth-order valence-electron chi connectivity index (χ4n) is 2.15. The van der Waals surface area contributed by atoms with Crippen molar-refractivity contribution in [3.63, 3.8) is 0 Å². The second kappa shape index (κ2) is 6.21. The molecule has 0 bridgehead atoms. The molecule has 3 heteroatoms. The molecule has 0 saturated heterocycles. The minimum absolute atomic E-state index is 0.346. The third kappa shape index (κ3) is 3.27. The maximum Gasteiger partial charge on any atom is 0.0878 e. The van der Waals surface area contributed by atoms with E-state index in [0.717, 1.165) is 21.2 Å². The molecule has 2 nitrogen and oxygen atoms in total. The average Bonchev–Trinajstić information content (AvgIpc) is 2.46. The van der Waals surface area contributed by atoms with Crippen molar-refractivity contribution in [1.82, 2.24) is 0 Å². The van der Waals surface area contributed by atoms with Gasteiger partial charge in [0.2, 0.25) is 0 Å². The minimum Gasteiger partial charge on any atom is -0.385 e. The second-order valence-corrected chi connectivity index (χ2v) is 5.84. The summed E-state index contributed by atoms with van der Waals surface area (Å²) in [5.41, 5.74) is 2.10. The maximum absolute atomic E-state index is 10.4. The highest BCUT2D eigenvalue weighted by molar-refractivity contribution is 9.10. The Bertz CT molecular complexity index is 626. The Morgan fingerprint density at radius 1 is 1.15 bits per heavy atom. The first-order valence-corrected chi connectivity index (χ1v) is 7.29. The van der Waals surface area contributed by atoms with E-state index in [0.29, 0.717) is 12.8 Å². The first-order valence-electron chi connectivity index (χ1n) is 6.49. The lowest BCUT2D eigenvalue weighted by atomic mass is 9.90. The van der Waals surface area contributed by atoms with Gasteiger partial charge < -0.3 is 5.11 Å². The van der Waals surface area contributed by atoms with Gasteiger partial charge in [-0.3, -0.25) is 0 Å². The van der Waals surface area contributed by atoms with Crippen LogP contribution in [0.4, 0.5) is 0 Å². The summed E-state index contributed by atoms with van der Waals surface area (Å²) in [5.74, 6) is 0. The number of rotatable bonds is 4. The lowest BCUT2D eigenvalue weighted by Crippen LogP contribution is -2.20. The van der Waals surface area contributed by atoms with Crippen LogP contribution in [-0.4, -0.2) is 5.11 Å². The summed E-state index contributed by atoms with van der Waals surface area (Å²) < 4.78 is 1.05. The largest absolute Gasteiger partial charge is 0.385 e. The Kier molecular flexibility index (Phi) is 4.59. The zero-order valence-corrected chi connectivity index (χ0v) is 12.9. The number of halogens is 1. The van der Waals surface area contributed by atoms with Crippen molar-refractivity contribution in [3.05, 3.63) is 58.6 Å². The molecule has 0 aliphatic carbocycles. The van der Waals surface area contributed by atoms with Crippen molar-refractivity contribution in [3.8, 4) is 17.2 Å². The van der Waals surface area contributed by atoms with Crippen LogP contribution in [0.15, 0.2) is 53.0 Å². The predicted molar refractivity (Wildman–Crippen MR) is 84.0 cm³/mol. The Balaban J connectivity index is 2.27. The first kappa shape index (κ1) is 14.8. The van der Waals surface area contributed by atoms with Crippen molar-refractivity contribution >= 4 is 15.9 Å². The van der Waals surface area contributed by atoms with Crippen molar-refractivity contribution < 1.29 is 5.11 Å². The van der Waals surface area contributed by atoms with Crippen molar-refractivity contribution in [2.24, 2.45) is 0 Å². The molecule has 1 atom stereocenters.